The minimum absolute atomic E-state index is 0.452. The van der Waals surface area contributed by atoms with E-state index in [2.05, 4.69) is 18.7 Å². The van der Waals surface area contributed by atoms with E-state index < -0.39 is 0 Å². The Hall–Kier alpha value is -0.370. The molecule has 0 aromatic heterocycles. The summed E-state index contributed by atoms with van der Waals surface area (Å²) in [5, 5.41) is 0. The largest absolute Gasteiger partial charge is 0.302 e. The number of ketones is 1. The Kier molecular flexibility index (Phi) is 5.92. The van der Waals surface area contributed by atoms with Gasteiger partial charge in [0.05, 0.1) is 0 Å². The Morgan fingerprint density at radius 1 is 1.27 bits per heavy atom. The number of rotatable bonds is 6. The van der Waals surface area contributed by atoms with E-state index in [1.807, 2.05) is 0 Å². The van der Waals surface area contributed by atoms with Crippen molar-refractivity contribution in [3.63, 3.8) is 0 Å². The van der Waals surface area contributed by atoms with Crippen molar-refractivity contribution in [2.75, 3.05) is 19.6 Å². The molecule has 0 aromatic carbocycles. The summed E-state index contributed by atoms with van der Waals surface area (Å²) < 4.78 is 0. The molecular formula is C13H25NO. The molecule has 1 saturated heterocycles. The first-order chi connectivity index (χ1) is 7.26. The second kappa shape index (κ2) is 7.00. The third-order valence-corrected chi connectivity index (χ3v) is 3.47. The molecule has 0 spiro atoms. The summed E-state index contributed by atoms with van der Waals surface area (Å²) in [6.07, 6.45) is 6.86. The average molecular weight is 211 g/mol. The summed E-state index contributed by atoms with van der Waals surface area (Å²) in [5.41, 5.74) is 0. The highest BCUT2D eigenvalue weighted by Gasteiger charge is 2.18. The quantitative estimate of drug-likeness (QED) is 0.673. The van der Waals surface area contributed by atoms with Gasteiger partial charge in [-0.3, -0.25) is 4.79 Å². The van der Waals surface area contributed by atoms with Crippen molar-refractivity contribution in [3.05, 3.63) is 0 Å². The highest BCUT2D eigenvalue weighted by atomic mass is 16.1. The van der Waals surface area contributed by atoms with E-state index in [9.17, 15) is 4.79 Å². The van der Waals surface area contributed by atoms with Crippen LogP contribution in [0.15, 0.2) is 0 Å². The van der Waals surface area contributed by atoms with Crippen molar-refractivity contribution in [2.45, 2.75) is 52.4 Å². The molecule has 0 amide bonds. The lowest BCUT2D eigenvalue weighted by atomic mass is 9.97. The Balaban J connectivity index is 2.22. The fourth-order valence-electron chi connectivity index (χ4n) is 2.27. The maximum absolute atomic E-state index is 11.1. The van der Waals surface area contributed by atoms with Crippen LogP contribution in [0.5, 0.6) is 0 Å². The molecule has 15 heavy (non-hydrogen) atoms. The van der Waals surface area contributed by atoms with Gasteiger partial charge in [-0.25, -0.2) is 0 Å². The monoisotopic (exact) mass is 211 g/mol. The topological polar surface area (TPSA) is 20.3 Å². The van der Waals surface area contributed by atoms with Gasteiger partial charge in [-0.15, -0.1) is 0 Å². The highest BCUT2D eigenvalue weighted by Crippen LogP contribution is 2.16. The van der Waals surface area contributed by atoms with Crippen molar-refractivity contribution >= 4 is 5.78 Å². The molecule has 1 unspecified atom stereocenters. The third kappa shape index (κ3) is 4.78. The number of unbranched alkanes of at least 4 members (excludes halogenated alkanes) is 1. The van der Waals surface area contributed by atoms with Gasteiger partial charge in [0, 0.05) is 32.5 Å². The number of piperidine rings is 1. The summed E-state index contributed by atoms with van der Waals surface area (Å²) >= 11 is 0. The molecule has 0 saturated carbocycles. The number of carbonyl (C=O) groups excluding carboxylic acids is 1. The van der Waals surface area contributed by atoms with Crippen LogP contribution in [0.1, 0.15) is 52.4 Å². The summed E-state index contributed by atoms with van der Waals surface area (Å²) in [6, 6.07) is 0. The highest BCUT2D eigenvalue weighted by molar-refractivity contribution is 5.79. The summed E-state index contributed by atoms with van der Waals surface area (Å²) in [6.45, 7) is 7.76. The van der Waals surface area contributed by atoms with Crippen LogP contribution in [-0.2, 0) is 4.79 Å². The van der Waals surface area contributed by atoms with Crippen LogP contribution in [0, 0.1) is 5.92 Å². The zero-order valence-corrected chi connectivity index (χ0v) is 10.3. The number of nitrogens with zero attached hydrogens (tertiary/aromatic N) is 1. The molecule has 1 atom stereocenters. The SMILES string of the molecule is CCCCC(CC)CN1CCC(=O)CC1. The Bertz CT molecular complexity index is 181. The van der Waals surface area contributed by atoms with Gasteiger partial charge in [-0.1, -0.05) is 33.1 Å². The molecule has 0 bridgehead atoms. The van der Waals surface area contributed by atoms with Gasteiger partial charge in [-0.05, 0) is 12.3 Å². The normalized spacial score (nSPS) is 20.5. The molecule has 2 nitrogen and oxygen atoms in total. The van der Waals surface area contributed by atoms with E-state index in [0.717, 1.165) is 31.8 Å². The van der Waals surface area contributed by atoms with Crippen LogP contribution in [-0.4, -0.2) is 30.3 Å². The second-order valence-electron chi connectivity index (χ2n) is 4.76. The zero-order valence-electron chi connectivity index (χ0n) is 10.3. The first-order valence-electron chi connectivity index (χ1n) is 6.50. The Labute approximate surface area is 94.0 Å². The molecule has 0 radical (unpaired) electrons. The molecule has 1 aliphatic heterocycles. The third-order valence-electron chi connectivity index (χ3n) is 3.47. The first kappa shape index (κ1) is 12.7. The summed E-state index contributed by atoms with van der Waals surface area (Å²) in [5.74, 6) is 1.30. The van der Waals surface area contributed by atoms with E-state index in [1.165, 1.54) is 32.2 Å². The van der Waals surface area contributed by atoms with E-state index in [1.54, 1.807) is 0 Å². The fourth-order valence-corrected chi connectivity index (χ4v) is 2.27. The van der Waals surface area contributed by atoms with E-state index >= 15 is 0 Å². The molecule has 1 aliphatic rings. The molecule has 0 aromatic rings. The zero-order chi connectivity index (χ0) is 11.1. The van der Waals surface area contributed by atoms with Crippen LogP contribution in [0.2, 0.25) is 0 Å². The van der Waals surface area contributed by atoms with Gasteiger partial charge in [0.25, 0.3) is 0 Å². The summed E-state index contributed by atoms with van der Waals surface area (Å²) in [4.78, 5) is 13.6. The molecule has 1 fully saturated rings. The maximum atomic E-state index is 11.1. The van der Waals surface area contributed by atoms with E-state index in [0.29, 0.717) is 5.78 Å². The molecular weight excluding hydrogens is 186 g/mol. The predicted octanol–water partition coefficient (Wildman–Crippen LogP) is 2.87. The Morgan fingerprint density at radius 3 is 2.47 bits per heavy atom. The fraction of sp³-hybridized carbons (Fsp3) is 0.923. The standard InChI is InChI=1S/C13H25NO/c1-3-5-6-12(4-2)11-14-9-7-13(15)8-10-14/h12H,3-11H2,1-2H3. The van der Waals surface area contributed by atoms with Gasteiger partial charge < -0.3 is 4.90 Å². The average Bonchev–Trinajstić information content (AvgIpc) is 2.27. The number of hydrogen-bond acceptors (Lipinski definition) is 2. The lowest BCUT2D eigenvalue weighted by Crippen LogP contribution is -2.37. The van der Waals surface area contributed by atoms with Crippen molar-refractivity contribution in [3.8, 4) is 0 Å². The number of likely N-dealkylation sites (tertiary alicyclic amines) is 1. The lowest BCUT2D eigenvalue weighted by Gasteiger charge is -2.29. The van der Waals surface area contributed by atoms with Crippen molar-refractivity contribution in [1.82, 2.24) is 4.90 Å². The van der Waals surface area contributed by atoms with Gasteiger partial charge >= 0.3 is 0 Å². The second-order valence-corrected chi connectivity index (χ2v) is 4.76. The van der Waals surface area contributed by atoms with Crippen LogP contribution < -0.4 is 0 Å². The van der Waals surface area contributed by atoms with Crippen molar-refractivity contribution in [2.24, 2.45) is 5.92 Å². The van der Waals surface area contributed by atoms with Crippen LogP contribution >= 0.6 is 0 Å². The van der Waals surface area contributed by atoms with Gasteiger partial charge in [0.2, 0.25) is 0 Å². The maximum Gasteiger partial charge on any atom is 0.135 e. The minimum atomic E-state index is 0.452. The molecule has 2 heteroatoms. The van der Waals surface area contributed by atoms with Crippen LogP contribution in [0.25, 0.3) is 0 Å². The first-order valence-corrected chi connectivity index (χ1v) is 6.50. The van der Waals surface area contributed by atoms with Crippen LogP contribution in [0.3, 0.4) is 0 Å². The molecule has 1 heterocycles. The van der Waals surface area contributed by atoms with Gasteiger partial charge in [0.15, 0.2) is 0 Å². The Morgan fingerprint density at radius 2 is 1.93 bits per heavy atom. The predicted molar refractivity (Wildman–Crippen MR) is 64.0 cm³/mol. The molecule has 0 N–H and O–H groups in total. The number of carbonyl (C=O) groups is 1. The number of Topliss-reactive ketones (excluding diaryl/α,β-unsaturated/α-hetero) is 1. The van der Waals surface area contributed by atoms with Crippen molar-refractivity contribution < 1.29 is 4.79 Å². The molecule has 0 aliphatic carbocycles. The minimum Gasteiger partial charge on any atom is -0.302 e. The lowest BCUT2D eigenvalue weighted by molar-refractivity contribution is -0.121. The van der Waals surface area contributed by atoms with E-state index in [-0.39, 0.29) is 0 Å². The number of hydrogen-bond donors (Lipinski definition) is 0. The van der Waals surface area contributed by atoms with Crippen molar-refractivity contribution in [1.29, 1.82) is 0 Å². The smallest absolute Gasteiger partial charge is 0.135 e. The molecule has 88 valence electrons. The van der Waals surface area contributed by atoms with Crippen LogP contribution in [0.4, 0.5) is 0 Å². The van der Waals surface area contributed by atoms with Gasteiger partial charge in [-0.2, -0.15) is 0 Å². The summed E-state index contributed by atoms with van der Waals surface area (Å²) in [7, 11) is 0. The van der Waals surface area contributed by atoms with E-state index in [4.69, 9.17) is 0 Å². The van der Waals surface area contributed by atoms with Gasteiger partial charge in [0.1, 0.15) is 5.78 Å². The molecule has 1 rings (SSSR count).